The van der Waals surface area contributed by atoms with Crippen molar-refractivity contribution in [3.63, 3.8) is 0 Å². The van der Waals surface area contributed by atoms with Crippen LogP contribution in [0.5, 0.6) is 0 Å². The van der Waals surface area contributed by atoms with E-state index in [-0.39, 0.29) is 11.7 Å². The second-order valence-corrected chi connectivity index (χ2v) is 6.77. The predicted molar refractivity (Wildman–Crippen MR) is 95.2 cm³/mol. The van der Waals surface area contributed by atoms with Crippen molar-refractivity contribution in [1.29, 1.82) is 0 Å². The molecule has 0 unspecified atom stereocenters. The average Bonchev–Trinajstić information content (AvgIpc) is 3.04. The summed E-state index contributed by atoms with van der Waals surface area (Å²) in [6.45, 7) is 2.01. The summed E-state index contributed by atoms with van der Waals surface area (Å²) in [5, 5.41) is 14.9. The minimum Gasteiger partial charge on any atom is -0.310 e. The predicted octanol–water partition coefficient (Wildman–Crippen LogP) is 2.86. The average molecular weight is 405 g/mol. The van der Waals surface area contributed by atoms with Crippen LogP contribution in [0.3, 0.4) is 0 Å². The van der Waals surface area contributed by atoms with E-state index in [9.17, 15) is 4.79 Å². The van der Waals surface area contributed by atoms with Crippen LogP contribution in [0.15, 0.2) is 52.2 Å². The zero-order valence-corrected chi connectivity index (χ0v) is 15.1. The van der Waals surface area contributed by atoms with Gasteiger partial charge in [0, 0.05) is 10.7 Å². The zero-order chi connectivity index (χ0) is 16.9. The van der Waals surface area contributed by atoms with E-state index in [1.807, 2.05) is 37.3 Å². The Kier molecular flexibility index (Phi) is 5.21. The highest BCUT2D eigenvalue weighted by atomic mass is 79.9. The Morgan fingerprint density at radius 1 is 1.25 bits per heavy atom. The lowest BCUT2D eigenvalue weighted by Crippen LogP contribution is -2.15. The van der Waals surface area contributed by atoms with Crippen molar-refractivity contribution >= 4 is 39.4 Å². The number of anilines is 1. The first-order valence-electron chi connectivity index (χ1n) is 7.01. The zero-order valence-electron chi connectivity index (χ0n) is 12.7. The highest BCUT2D eigenvalue weighted by Crippen LogP contribution is 2.19. The van der Waals surface area contributed by atoms with Crippen molar-refractivity contribution in [1.82, 2.24) is 25.2 Å². The van der Waals surface area contributed by atoms with Crippen molar-refractivity contribution < 1.29 is 4.79 Å². The van der Waals surface area contributed by atoms with Gasteiger partial charge in [0.1, 0.15) is 5.82 Å². The number of pyridine rings is 1. The summed E-state index contributed by atoms with van der Waals surface area (Å²) in [6, 6.07) is 11.4. The van der Waals surface area contributed by atoms with Gasteiger partial charge in [-0.25, -0.2) is 4.98 Å². The summed E-state index contributed by atoms with van der Waals surface area (Å²) in [5.41, 5.74) is 2.01. The Hall–Kier alpha value is -2.26. The van der Waals surface area contributed by atoms with Gasteiger partial charge in [0.2, 0.25) is 11.1 Å². The highest BCUT2D eigenvalue weighted by Gasteiger charge is 2.12. The maximum absolute atomic E-state index is 12.0. The van der Waals surface area contributed by atoms with Crippen LogP contribution in [0, 0.1) is 6.92 Å². The van der Waals surface area contributed by atoms with Crippen LogP contribution >= 0.6 is 27.7 Å². The molecule has 1 amide bonds. The minimum atomic E-state index is -0.173. The molecule has 0 spiro atoms. The van der Waals surface area contributed by atoms with Gasteiger partial charge in [0.15, 0.2) is 0 Å². The number of thioether (sulfide) groups is 1. The molecule has 0 saturated carbocycles. The molecule has 122 valence electrons. The first kappa shape index (κ1) is 16.6. The van der Waals surface area contributed by atoms with Crippen molar-refractivity contribution in [3.05, 3.63) is 52.6 Å². The second-order valence-electron chi connectivity index (χ2n) is 4.91. The topological polar surface area (TPSA) is 85.6 Å². The number of benzene rings is 1. The normalized spacial score (nSPS) is 10.6. The highest BCUT2D eigenvalue weighted by molar-refractivity contribution is 9.10. The number of carbonyl (C=O) groups is 1. The van der Waals surface area contributed by atoms with Gasteiger partial charge in [-0.15, -0.1) is 5.10 Å². The number of tetrazole rings is 1. The molecule has 0 aliphatic rings. The second kappa shape index (κ2) is 7.54. The third-order valence-corrected chi connectivity index (χ3v) is 4.44. The van der Waals surface area contributed by atoms with Crippen molar-refractivity contribution in [3.8, 4) is 5.69 Å². The van der Waals surface area contributed by atoms with Crippen LogP contribution in [-0.2, 0) is 4.79 Å². The Balaban J connectivity index is 1.63. The van der Waals surface area contributed by atoms with Crippen LogP contribution in [0.4, 0.5) is 5.82 Å². The molecule has 0 fully saturated rings. The Morgan fingerprint density at radius 3 is 2.75 bits per heavy atom. The minimum absolute atomic E-state index is 0.173. The maximum Gasteiger partial charge on any atom is 0.236 e. The molecule has 3 aromatic rings. The van der Waals surface area contributed by atoms with Crippen molar-refractivity contribution in [2.75, 3.05) is 11.1 Å². The number of amides is 1. The summed E-state index contributed by atoms with van der Waals surface area (Å²) >= 11 is 4.56. The summed E-state index contributed by atoms with van der Waals surface area (Å²) in [5.74, 6) is 0.513. The van der Waals surface area contributed by atoms with Gasteiger partial charge in [-0.1, -0.05) is 29.5 Å². The number of halogens is 1. The molecule has 3 rings (SSSR count). The van der Waals surface area contributed by atoms with E-state index >= 15 is 0 Å². The molecule has 0 bridgehead atoms. The van der Waals surface area contributed by atoms with Gasteiger partial charge < -0.3 is 5.32 Å². The van der Waals surface area contributed by atoms with Gasteiger partial charge in [-0.3, -0.25) is 4.79 Å². The molecule has 24 heavy (non-hydrogen) atoms. The van der Waals surface area contributed by atoms with E-state index in [2.05, 4.69) is 41.8 Å². The summed E-state index contributed by atoms with van der Waals surface area (Å²) in [6.07, 6.45) is 1.63. The number of hydrogen-bond donors (Lipinski definition) is 1. The molecule has 7 nitrogen and oxygen atoms in total. The molecular formula is C15H13BrN6OS. The Bertz CT molecular complexity index is 834. The van der Waals surface area contributed by atoms with E-state index in [1.54, 1.807) is 16.9 Å². The van der Waals surface area contributed by atoms with Crippen LogP contribution < -0.4 is 5.32 Å². The molecule has 9 heteroatoms. The molecule has 1 aromatic carbocycles. The smallest absolute Gasteiger partial charge is 0.236 e. The Morgan fingerprint density at radius 2 is 2.04 bits per heavy atom. The van der Waals surface area contributed by atoms with E-state index in [1.165, 1.54) is 11.8 Å². The number of aryl methyl sites for hydroxylation is 1. The SMILES string of the molecule is Cc1ccc(-n2nnnc2SCC(=O)Nc2ccc(Br)cn2)cc1. The molecule has 0 radical (unpaired) electrons. The number of rotatable bonds is 5. The fraction of sp³-hybridized carbons (Fsp3) is 0.133. The van der Waals surface area contributed by atoms with Crippen LogP contribution in [0.1, 0.15) is 5.56 Å². The monoisotopic (exact) mass is 404 g/mol. The van der Waals surface area contributed by atoms with E-state index < -0.39 is 0 Å². The molecule has 2 heterocycles. The number of hydrogen-bond acceptors (Lipinski definition) is 6. The lowest BCUT2D eigenvalue weighted by atomic mass is 10.2. The third kappa shape index (κ3) is 4.18. The standard InChI is InChI=1S/C15H13BrN6OS/c1-10-2-5-12(6-3-10)22-15(19-20-21-22)24-9-14(23)18-13-7-4-11(16)8-17-13/h2-8H,9H2,1H3,(H,17,18,23). The van der Waals surface area contributed by atoms with Gasteiger partial charge >= 0.3 is 0 Å². The maximum atomic E-state index is 12.0. The van der Waals surface area contributed by atoms with Crippen molar-refractivity contribution in [2.24, 2.45) is 0 Å². The number of carbonyl (C=O) groups excluding carboxylic acids is 1. The first-order valence-corrected chi connectivity index (χ1v) is 8.79. The molecule has 1 N–H and O–H groups in total. The summed E-state index contributed by atoms with van der Waals surface area (Å²) in [4.78, 5) is 16.1. The fourth-order valence-electron chi connectivity index (χ4n) is 1.88. The lowest BCUT2D eigenvalue weighted by molar-refractivity contribution is -0.113. The quantitative estimate of drug-likeness (QED) is 0.657. The summed E-state index contributed by atoms with van der Waals surface area (Å²) in [7, 11) is 0. The molecule has 0 aliphatic heterocycles. The molecular weight excluding hydrogens is 392 g/mol. The molecule has 2 aromatic heterocycles. The van der Waals surface area contributed by atoms with Gasteiger partial charge in [0.05, 0.1) is 11.4 Å². The van der Waals surface area contributed by atoms with Crippen LogP contribution in [0.2, 0.25) is 0 Å². The van der Waals surface area contributed by atoms with E-state index in [4.69, 9.17) is 0 Å². The van der Waals surface area contributed by atoms with Crippen molar-refractivity contribution in [2.45, 2.75) is 12.1 Å². The van der Waals surface area contributed by atoms with Crippen LogP contribution in [-0.4, -0.2) is 36.9 Å². The molecule has 0 atom stereocenters. The van der Waals surface area contributed by atoms with E-state index in [0.717, 1.165) is 15.7 Å². The largest absolute Gasteiger partial charge is 0.310 e. The van der Waals surface area contributed by atoms with Gasteiger partial charge in [0.25, 0.3) is 0 Å². The Labute approximate surface area is 151 Å². The molecule has 0 saturated heterocycles. The van der Waals surface area contributed by atoms with Gasteiger partial charge in [-0.05, 0) is 57.5 Å². The lowest BCUT2D eigenvalue weighted by Gasteiger charge is -2.05. The molecule has 0 aliphatic carbocycles. The number of nitrogens with zero attached hydrogens (tertiary/aromatic N) is 5. The van der Waals surface area contributed by atoms with Gasteiger partial charge in [-0.2, -0.15) is 4.68 Å². The first-order chi connectivity index (χ1) is 11.6. The third-order valence-electron chi connectivity index (χ3n) is 3.05. The number of nitrogens with one attached hydrogen (secondary N) is 1. The van der Waals surface area contributed by atoms with E-state index in [0.29, 0.717) is 11.0 Å². The number of aromatic nitrogens is 5. The summed E-state index contributed by atoms with van der Waals surface area (Å²) < 4.78 is 2.46. The fourth-order valence-corrected chi connectivity index (χ4v) is 2.80. The van der Waals surface area contributed by atoms with Crippen LogP contribution in [0.25, 0.3) is 5.69 Å².